The van der Waals surface area contributed by atoms with Gasteiger partial charge in [0.2, 0.25) is 0 Å². The average molecular weight is 383 g/mol. The van der Waals surface area contributed by atoms with Crippen LogP contribution in [0.3, 0.4) is 0 Å². The monoisotopic (exact) mass is 382 g/mol. The number of ether oxygens (including phenoxy) is 1. The molecular weight excluding hydrogens is 356 g/mol. The molecule has 1 atom stereocenters. The number of hydrogen-bond donors (Lipinski definition) is 0. The molecule has 2 aromatic heterocycles. The second-order valence-electron chi connectivity index (χ2n) is 7.52. The van der Waals surface area contributed by atoms with E-state index in [9.17, 15) is 4.79 Å². The highest BCUT2D eigenvalue weighted by molar-refractivity contribution is 7.18. The lowest BCUT2D eigenvalue weighted by Gasteiger charge is -2.17. The van der Waals surface area contributed by atoms with Gasteiger partial charge in [-0.2, -0.15) is 0 Å². The van der Waals surface area contributed by atoms with Crippen molar-refractivity contribution in [2.75, 3.05) is 6.61 Å². The largest absolute Gasteiger partial charge is 0.494 e. The molecule has 2 heterocycles. The van der Waals surface area contributed by atoms with Gasteiger partial charge in [-0.05, 0) is 62.6 Å². The van der Waals surface area contributed by atoms with Crippen molar-refractivity contribution in [2.24, 2.45) is 5.92 Å². The molecule has 1 aliphatic carbocycles. The summed E-state index contributed by atoms with van der Waals surface area (Å²) in [6, 6.07) is 9.86. The van der Waals surface area contributed by atoms with E-state index < -0.39 is 0 Å². The second kappa shape index (κ2) is 7.85. The zero-order valence-corrected chi connectivity index (χ0v) is 16.8. The van der Waals surface area contributed by atoms with Crippen molar-refractivity contribution in [3.05, 3.63) is 57.0 Å². The molecular formula is C22H26N2O2S. The molecule has 27 heavy (non-hydrogen) atoms. The number of aromatic nitrogens is 2. The number of nitrogens with zero attached hydrogens (tertiary/aromatic N) is 2. The van der Waals surface area contributed by atoms with Gasteiger partial charge in [-0.3, -0.25) is 9.36 Å². The van der Waals surface area contributed by atoms with Crippen LogP contribution in [0.4, 0.5) is 0 Å². The van der Waals surface area contributed by atoms with Gasteiger partial charge in [0.05, 0.1) is 12.0 Å². The molecule has 0 fully saturated rings. The first kappa shape index (κ1) is 18.2. The smallest absolute Gasteiger partial charge is 0.262 e. The minimum Gasteiger partial charge on any atom is -0.494 e. The van der Waals surface area contributed by atoms with Gasteiger partial charge in [-0.25, -0.2) is 4.98 Å². The van der Waals surface area contributed by atoms with Crippen LogP contribution in [0.5, 0.6) is 5.75 Å². The lowest BCUT2D eigenvalue weighted by atomic mass is 9.89. The number of thiophene rings is 1. The molecule has 0 amide bonds. The first-order valence-corrected chi connectivity index (χ1v) is 10.6. The molecule has 0 bridgehead atoms. The molecule has 3 aromatic rings. The van der Waals surface area contributed by atoms with Crippen LogP contribution >= 0.6 is 11.3 Å². The van der Waals surface area contributed by atoms with E-state index in [1.807, 2.05) is 41.8 Å². The number of aryl methyl sites for hydroxylation is 2. The molecule has 4 nitrogen and oxygen atoms in total. The van der Waals surface area contributed by atoms with Gasteiger partial charge in [-0.1, -0.05) is 25.1 Å². The molecule has 0 aliphatic heterocycles. The van der Waals surface area contributed by atoms with Gasteiger partial charge in [0.1, 0.15) is 16.4 Å². The van der Waals surface area contributed by atoms with Gasteiger partial charge in [0.15, 0.2) is 0 Å². The summed E-state index contributed by atoms with van der Waals surface area (Å²) in [5.74, 6) is 2.43. The third kappa shape index (κ3) is 3.79. The molecule has 0 spiro atoms. The summed E-state index contributed by atoms with van der Waals surface area (Å²) in [4.78, 5) is 20.2. The van der Waals surface area contributed by atoms with E-state index >= 15 is 0 Å². The van der Waals surface area contributed by atoms with Crippen LogP contribution in [-0.2, 0) is 19.4 Å². The first-order valence-electron chi connectivity index (χ1n) is 9.83. The van der Waals surface area contributed by atoms with Crippen LogP contribution in [0.25, 0.3) is 10.2 Å². The SMILES string of the molecule is Cc1nc2sc3c(c2c(=O)n1CCCCOc1ccccc1)CCC(C)C3. The molecule has 0 saturated heterocycles. The Kier molecular flexibility index (Phi) is 5.30. The predicted molar refractivity (Wildman–Crippen MR) is 111 cm³/mol. The fraction of sp³-hybridized carbons (Fsp3) is 0.455. The van der Waals surface area contributed by atoms with E-state index in [1.54, 1.807) is 11.3 Å². The number of benzene rings is 1. The molecule has 1 aromatic carbocycles. The Balaban J connectivity index is 1.46. The Bertz CT molecular complexity index is 991. The van der Waals surface area contributed by atoms with E-state index in [-0.39, 0.29) is 5.56 Å². The third-order valence-electron chi connectivity index (χ3n) is 5.39. The Morgan fingerprint density at radius 2 is 2.07 bits per heavy atom. The third-order valence-corrected chi connectivity index (χ3v) is 6.54. The van der Waals surface area contributed by atoms with Gasteiger partial charge >= 0.3 is 0 Å². The molecule has 0 N–H and O–H groups in total. The van der Waals surface area contributed by atoms with Crippen molar-refractivity contribution < 1.29 is 4.74 Å². The second-order valence-corrected chi connectivity index (χ2v) is 8.60. The Hall–Kier alpha value is -2.14. The summed E-state index contributed by atoms with van der Waals surface area (Å²) in [5, 5.41) is 0.882. The number of unbranched alkanes of at least 4 members (excludes halogenated alkanes) is 1. The standard InChI is InChI=1S/C22H26N2O2S/c1-15-10-11-18-19(14-15)27-21-20(18)22(25)24(16(2)23-21)12-6-7-13-26-17-8-4-3-5-9-17/h3-5,8-9,15H,6-7,10-14H2,1-2H3. The molecule has 0 saturated carbocycles. The molecule has 1 aliphatic rings. The molecule has 0 radical (unpaired) electrons. The van der Waals surface area contributed by atoms with Gasteiger partial charge in [0.25, 0.3) is 5.56 Å². The van der Waals surface area contributed by atoms with Crippen molar-refractivity contribution >= 4 is 21.6 Å². The number of rotatable bonds is 6. The summed E-state index contributed by atoms with van der Waals surface area (Å²) in [5.41, 5.74) is 1.42. The summed E-state index contributed by atoms with van der Waals surface area (Å²) in [6.45, 7) is 5.61. The van der Waals surface area contributed by atoms with Crippen LogP contribution in [0, 0.1) is 12.8 Å². The quantitative estimate of drug-likeness (QED) is 0.578. The van der Waals surface area contributed by atoms with E-state index in [2.05, 4.69) is 6.92 Å². The first-order chi connectivity index (χ1) is 13.1. The normalized spacial score (nSPS) is 16.4. The van der Waals surface area contributed by atoms with E-state index in [0.717, 1.165) is 47.5 Å². The van der Waals surface area contributed by atoms with Crippen LogP contribution in [0.2, 0.25) is 0 Å². The van der Waals surface area contributed by atoms with Crippen molar-refractivity contribution in [2.45, 2.75) is 52.5 Å². The summed E-state index contributed by atoms with van der Waals surface area (Å²) < 4.78 is 7.60. The maximum Gasteiger partial charge on any atom is 0.262 e. The number of para-hydroxylation sites is 1. The lowest BCUT2D eigenvalue weighted by Crippen LogP contribution is -2.24. The lowest BCUT2D eigenvalue weighted by molar-refractivity contribution is 0.302. The van der Waals surface area contributed by atoms with E-state index in [1.165, 1.54) is 16.9 Å². The summed E-state index contributed by atoms with van der Waals surface area (Å²) in [6.07, 6.45) is 5.10. The average Bonchev–Trinajstić information content (AvgIpc) is 3.01. The molecule has 142 valence electrons. The summed E-state index contributed by atoms with van der Waals surface area (Å²) in [7, 11) is 0. The number of hydrogen-bond acceptors (Lipinski definition) is 4. The van der Waals surface area contributed by atoms with Crippen molar-refractivity contribution in [3.8, 4) is 5.75 Å². The predicted octanol–water partition coefficient (Wildman–Crippen LogP) is 4.75. The Morgan fingerprint density at radius 3 is 2.89 bits per heavy atom. The highest BCUT2D eigenvalue weighted by atomic mass is 32.1. The zero-order valence-electron chi connectivity index (χ0n) is 16.0. The molecule has 1 unspecified atom stereocenters. The van der Waals surface area contributed by atoms with Crippen LogP contribution in [-0.4, -0.2) is 16.2 Å². The maximum absolute atomic E-state index is 13.1. The fourth-order valence-corrected chi connectivity index (χ4v) is 5.29. The molecule has 5 heteroatoms. The van der Waals surface area contributed by atoms with Crippen LogP contribution < -0.4 is 10.3 Å². The minimum absolute atomic E-state index is 0.147. The molecule has 4 rings (SSSR count). The maximum atomic E-state index is 13.1. The topological polar surface area (TPSA) is 44.1 Å². The van der Waals surface area contributed by atoms with Crippen LogP contribution in [0.15, 0.2) is 35.1 Å². The van der Waals surface area contributed by atoms with Crippen LogP contribution in [0.1, 0.15) is 42.5 Å². The van der Waals surface area contributed by atoms with E-state index in [0.29, 0.717) is 19.1 Å². The van der Waals surface area contributed by atoms with E-state index in [4.69, 9.17) is 9.72 Å². The highest BCUT2D eigenvalue weighted by Gasteiger charge is 2.23. The Morgan fingerprint density at radius 1 is 1.26 bits per heavy atom. The highest BCUT2D eigenvalue weighted by Crippen LogP contribution is 2.35. The van der Waals surface area contributed by atoms with Gasteiger partial charge in [-0.15, -0.1) is 11.3 Å². The summed E-state index contributed by atoms with van der Waals surface area (Å²) >= 11 is 1.73. The van der Waals surface area contributed by atoms with Gasteiger partial charge < -0.3 is 4.74 Å². The number of fused-ring (bicyclic) bond motifs is 3. The zero-order chi connectivity index (χ0) is 18.8. The van der Waals surface area contributed by atoms with Crippen molar-refractivity contribution in [1.82, 2.24) is 9.55 Å². The fourth-order valence-electron chi connectivity index (χ4n) is 3.87. The van der Waals surface area contributed by atoms with Crippen molar-refractivity contribution in [3.63, 3.8) is 0 Å². The minimum atomic E-state index is 0.147. The van der Waals surface area contributed by atoms with Gasteiger partial charge in [0, 0.05) is 11.4 Å². The van der Waals surface area contributed by atoms with Crippen molar-refractivity contribution in [1.29, 1.82) is 0 Å². The Labute approximate surface area is 163 Å².